The van der Waals surface area contributed by atoms with Crippen molar-refractivity contribution in [2.45, 2.75) is 0 Å². The molecule has 1 aromatic carbocycles. The van der Waals surface area contributed by atoms with Gasteiger partial charge in [0.15, 0.2) is 17.3 Å². The first-order valence-electron chi connectivity index (χ1n) is 6.68. The van der Waals surface area contributed by atoms with Crippen LogP contribution in [0.15, 0.2) is 47.8 Å². The Morgan fingerprint density at radius 1 is 1.39 bits per heavy atom. The van der Waals surface area contributed by atoms with Crippen molar-refractivity contribution in [1.82, 2.24) is 19.9 Å². The van der Waals surface area contributed by atoms with Gasteiger partial charge in [-0.05, 0) is 48.1 Å². The Bertz CT molecular complexity index is 902. The fraction of sp³-hybridized carbons (Fsp3) is 0.0667. The number of hydrogen-bond acceptors (Lipinski definition) is 6. The highest BCUT2D eigenvalue weighted by Gasteiger charge is 2.08. The van der Waals surface area contributed by atoms with Crippen LogP contribution in [0.5, 0.6) is 11.5 Å². The van der Waals surface area contributed by atoms with Crippen LogP contribution < -0.4 is 4.74 Å². The van der Waals surface area contributed by atoms with Gasteiger partial charge in [-0.2, -0.15) is 14.9 Å². The number of pyridine rings is 1. The van der Waals surface area contributed by atoms with Crippen molar-refractivity contribution in [3.05, 3.63) is 53.1 Å². The van der Waals surface area contributed by atoms with Crippen LogP contribution in [-0.4, -0.2) is 38.3 Å². The van der Waals surface area contributed by atoms with Crippen molar-refractivity contribution in [3.8, 4) is 22.9 Å². The summed E-state index contributed by atoms with van der Waals surface area (Å²) in [5.74, 6) is 1.00. The van der Waals surface area contributed by atoms with Gasteiger partial charge in [-0.25, -0.2) is 5.10 Å². The summed E-state index contributed by atoms with van der Waals surface area (Å²) in [6, 6.07) is 8.61. The quantitative estimate of drug-likeness (QED) is 0.568. The van der Waals surface area contributed by atoms with Gasteiger partial charge in [0.2, 0.25) is 4.77 Å². The highest BCUT2D eigenvalue weighted by Crippen LogP contribution is 2.25. The molecule has 0 saturated carbocycles. The molecule has 0 saturated heterocycles. The molecule has 3 rings (SSSR count). The van der Waals surface area contributed by atoms with Crippen LogP contribution in [0, 0.1) is 4.77 Å². The lowest BCUT2D eigenvalue weighted by molar-refractivity contribution is 0.373. The smallest absolute Gasteiger partial charge is 0.216 e. The zero-order valence-corrected chi connectivity index (χ0v) is 13.0. The number of aromatic nitrogens is 4. The van der Waals surface area contributed by atoms with E-state index >= 15 is 0 Å². The van der Waals surface area contributed by atoms with E-state index in [1.807, 2.05) is 12.1 Å². The number of aromatic hydroxyl groups is 1. The first-order valence-corrected chi connectivity index (χ1v) is 7.09. The molecule has 23 heavy (non-hydrogen) atoms. The number of nitrogens with zero attached hydrogens (tertiary/aromatic N) is 4. The molecular formula is C15H13N5O2S. The molecule has 0 spiro atoms. The van der Waals surface area contributed by atoms with E-state index in [0.29, 0.717) is 16.3 Å². The number of methoxy groups -OCH3 is 1. The summed E-state index contributed by atoms with van der Waals surface area (Å²) in [4.78, 5) is 4.06. The minimum absolute atomic E-state index is 0.0700. The Kier molecular flexibility index (Phi) is 4.15. The second-order valence-electron chi connectivity index (χ2n) is 4.58. The summed E-state index contributed by atoms with van der Waals surface area (Å²) < 4.78 is 6.95. The van der Waals surface area contributed by atoms with E-state index in [2.05, 4.69) is 20.3 Å². The van der Waals surface area contributed by atoms with Crippen LogP contribution in [0.4, 0.5) is 0 Å². The fourth-order valence-electron chi connectivity index (χ4n) is 1.98. The van der Waals surface area contributed by atoms with Gasteiger partial charge in [0, 0.05) is 18.0 Å². The molecule has 0 radical (unpaired) electrons. The average Bonchev–Trinajstić information content (AvgIpc) is 2.95. The Labute approximate surface area is 136 Å². The number of H-pyrrole nitrogens is 1. The molecule has 0 unspecified atom stereocenters. The summed E-state index contributed by atoms with van der Waals surface area (Å²) >= 11 is 5.20. The van der Waals surface area contributed by atoms with E-state index in [1.54, 1.807) is 30.7 Å². The van der Waals surface area contributed by atoms with Gasteiger partial charge in [-0.15, -0.1) is 0 Å². The molecule has 2 N–H and O–H groups in total. The summed E-state index contributed by atoms with van der Waals surface area (Å²) in [6.07, 6.45) is 4.97. The van der Waals surface area contributed by atoms with Gasteiger partial charge in [0.05, 0.1) is 13.3 Å². The van der Waals surface area contributed by atoms with Crippen LogP contribution in [0.2, 0.25) is 0 Å². The lowest BCUT2D eigenvalue weighted by Crippen LogP contribution is -1.95. The van der Waals surface area contributed by atoms with E-state index in [1.165, 1.54) is 17.9 Å². The van der Waals surface area contributed by atoms with E-state index in [-0.39, 0.29) is 5.75 Å². The number of ether oxygens (including phenoxy) is 1. The zero-order valence-electron chi connectivity index (χ0n) is 12.2. The second-order valence-corrected chi connectivity index (χ2v) is 4.97. The fourth-order valence-corrected chi connectivity index (χ4v) is 2.16. The zero-order chi connectivity index (χ0) is 16.2. The van der Waals surface area contributed by atoms with E-state index in [9.17, 15) is 5.11 Å². The molecule has 0 amide bonds. The number of rotatable bonds is 4. The number of benzene rings is 1. The second kappa shape index (κ2) is 6.41. The molecule has 116 valence electrons. The van der Waals surface area contributed by atoms with Crippen LogP contribution in [-0.2, 0) is 0 Å². The summed E-state index contributed by atoms with van der Waals surface area (Å²) in [5.41, 5.74) is 1.54. The lowest BCUT2D eigenvalue weighted by atomic mass is 10.2. The van der Waals surface area contributed by atoms with E-state index in [4.69, 9.17) is 17.0 Å². The van der Waals surface area contributed by atoms with Gasteiger partial charge in [-0.3, -0.25) is 4.98 Å². The van der Waals surface area contributed by atoms with E-state index in [0.717, 1.165) is 11.1 Å². The van der Waals surface area contributed by atoms with Gasteiger partial charge >= 0.3 is 0 Å². The minimum atomic E-state index is 0.0700. The molecular weight excluding hydrogens is 314 g/mol. The van der Waals surface area contributed by atoms with Crippen molar-refractivity contribution in [2.75, 3.05) is 7.11 Å². The third-order valence-electron chi connectivity index (χ3n) is 3.10. The monoisotopic (exact) mass is 327 g/mol. The number of hydrogen-bond donors (Lipinski definition) is 2. The first-order chi connectivity index (χ1) is 11.2. The molecule has 2 heterocycles. The third-order valence-corrected chi connectivity index (χ3v) is 3.36. The Hall–Kier alpha value is -3.00. The van der Waals surface area contributed by atoms with Crippen LogP contribution in [0.25, 0.3) is 11.4 Å². The van der Waals surface area contributed by atoms with Crippen molar-refractivity contribution in [3.63, 3.8) is 0 Å². The average molecular weight is 327 g/mol. The normalized spacial score (nSPS) is 11.0. The molecule has 0 aliphatic heterocycles. The molecule has 7 nitrogen and oxygen atoms in total. The maximum absolute atomic E-state index is 9.61. The summed E-state index contributed by atoms with van der Waals surface area (Å²) in [6.45, 7) is 0. The predicted molar refractivity (Wildman–Crippen MR) is 88.3 cm³/mol. The highest BCUT2D eigenvalue weighted by molar-refractivity contribution is 7.71. The van der Waals surface area contributed by atoms with Gasteiger partial charge in [0.25, 0.3) is 0 Å². The number of aromatic amines is 1. The van der Waals surface area contributed by atoms with E-state index < -0.39 is 0 Å². The molecule has 3 aromatic rings. The minimum Gasteiger partial charge on any atom is -0.504 e. The highest BCUT2D eigenvalue weighted by atomic mass is 32.1. The largest absolute Gasteiger partial charge is 0.504 e. The molecule has 0 atom stereocenters. The Morgan fingerprint density at radius 2 is 2.26 bits per heavy atom. The topological polar surface area (TPSA) is 88.3 Å². The Balaban J connectivity index is 1.98. The maximum atomic E-state index is 9.61. The predicted octanol–water partition coefficient (Wildman–Crippen LogP) is 2.60. The SMILES string of the molecule is COc1cc(/C=N\n2c(-c3cccnc3)n[nH]c2=S)ccc1O. The summed E-state index contributed by atoms with van der Waals surface area (Å²) in [7, 11) is 1.49. The lowest BCUT2D eigenvalue weighted by Gasteiger charge is -2.04. The maximum Gasteiger partial charge on any atom is 0.216 e. The molecule has 0 aliphatic rings. The van der Waals surface area contributed by atoms with Crippen LogP contribution in [0.3, 0.4) is 0 Å². The van der Waals surface area contributed by atoms with Gasteiger partial charge in [-0.1, -0.05) is 0 Å². The van der Waals surface area contributed by atoms with Gasteiger partial charge in [0.1, 0.15) is 0 Å². The summed E-state index contributed by atoms with van der Waals surface area (Å²) in [5, 5.41) is 20.8. The number of phenols is 1. The number of nitrogens with one attached hydrogen (secondary N) is 1. The van der Waals surface area contributed by atoms with Crippen LogP contribution >= 0.6 is 12.2 Å². The van der Waals surface area contributed by atoms with Gasteiger partial charge < -0.3 is 9.84 Å². The standard InChI is InChI=1S/C15H13N5O2S/c1-22-13-7-10(4-5-12(13)21)8-17-20-14(18-19-15(20)23)11-3-2-6-16-9-11/h2-9,21H,1H3,(H,19,23)/b17-8-. The number of phenolic OH excluding ortho intramolecular Hbond substituents is 1. The molecule has 0 aliphatic carbocycles. The van der Waals surface area contributed by atoms with Crippen molar-refractivity contribution in [1.29, 1.82) is 0 Å². The van der Waals surface area contributed by atoms with Crippen molar-refractivity contribution < 1.29 is 9.84 Å². The van der Waals surface area contributed by atoms with Crippen molar-refractivity contribution in [2.24, 2.45) is 5.10 Å². The molecule has 2 aromatic heterocycles. The molecule has 0 fully saturated rings. The van der Waals surface area contributed by atoms with Crippen LogP contribution in [0.1, 0.15) is 5.56 Å². The Morgan fingerprint density at radius 3 is 3.00 bits per heavy atom. The third kappa shape index (κ3) is 3.11. The van der Waals surface area contributed by atoms with Crippen molar-refractivity contribution >= 4 is 18.4 Å². The first kappa shape index (κ1) is 14.9. The molecule has 0 bridgehead atoms. The molecule has 8 heteroatoms.